The number of anilines is 1. The van der Waals surface area contributed by atoms with Gasteiger partial charge in [0.2, 0.25) is 0 Å². The second kappa shape index (κ2) is 9.33. The van der Waals surface area contributed by atoms with Crippen LogP contribution in [0.2, 0.25) is 0 Å². The molecule has 0 aliphatic heterocycles. The minimum absolute atomic E-state index is 0.157. The van der Waals surface area contributed by atoms with Crippen LogP contribution < -0.4 is 5.32 Å². The van der Waals surface area contributed by atoms with Crippen LogP contribution >= 0.6 is 27.3 Å². The minimum Gasteiger partial charge on any atom is -0.462 e. The second-order valence-electron chi connectivity index (χ2n) is 5.94. The summed E-state index contributed by atoms with van der Waals surface area (Å²) in [7, 11) is 1.65. The number of carbonyl (C=O) groups is 3. The van der Waals surface area contributed by atoms with E-state index in [1.807, 2.05) is 6.92 Å². The molecule has 0 aromatic carbocycles. The molecule has 2 rings (SSSR count). The number of ether oxygens (including phenoxy) is 2. The lowest BCUT2D eigenvalue weighted by molar-refractivity contribution is 0.0506. The standard InChI is InChI=1S/C18H22BrN3O5S/c1-6-8-27-17(24)11-9(3)14(18(25)26-7-2)28-16(11)20-15(23)13-12(19)10(4)21-22(13)5/h6-8H2,1-5H3,(H,20,23). The summed E-state index contributed by atoms with van der Waals surface area (Å²) in [6, 6.07) is 0. The number of thiophene rings is 1. The molecule has 0 spiro atoms. The molecule has 10 heteroatoms. The first kappa shape index (κ1) is 22.1. The van der Waals surface area contributed by atoms with Crippen molar-refractivity contribution in [2.75, 3.05) is 18.5 Å². The highest BCUT2D eigenvalue weighted by Crippen LogP contribution is 2.35. The van der Waals surface area contributed by atoms with Crippen LogP contribution in [0.15, 0.2) is 4.47 Å². The van der Waals surface area contributed by atoms with E-state index < -0.39 is 17.8 Å². The summed E-state index contributed by atoms with van der Waals surface area (Å²) in [6.07, 6.45) is 0.655. The predicted molar refractivity (Wildman–Crippen MR) is 109 cm³/mol. The highest BCUT2D eigenvalue weighted by atomic mass is 79.9. The van der Waals surface area contributed by atoms with Crippen LogP contribution in [0.5, 0.6) is 0 Å². The van der Waals surface area contributed by atoms with E-state index in [-0.39, 0.29) is 28.7 Å². The van der Waals surface area contributed by atoms with E-state index in [4.69, 9.17) is 9.47 Å². The molecular weight excluding hydrogens is 450 g/mol. The normalized spacial score (nSPS) is 10.6. The number of esters is 2. The van der Waals surface area contributed by atoms with Crippen molar-refractivity contribution in [3.05, 3.63) is 31.9 Å². The number of aromatic nitrogens is 2. The molecular formula is C18H22BrN3O5S. The van der Waals surface area contributed by atoms with Gasteiger partial charge in [0.1, 0.15) is 15.6 Å². The maximum absolute atomic E-state index is 12.8. The lowest BCUT2D eigenvalue weighted by Gasteiger charge is -2.08. The first-order chi connectivity index (χ1) is 13.2. The van der Waals surface area contributed by atoms with Crippen LogP contribution in [0.1, 0.15) is 62.0 Å². The molecule has 152 valence electrons. The van der Waals surface area contributed by atoms with Gasteiger partial charge >= 0.3 is 11.9 Å². The van der Waals surface area contributed by atoms with Crippen LogP contribution in [0.4, 0.5) is 5.00 Å². The number of hydrogen-bond acceptors (Lipinski definition) is 7. The number of nitrogens with one attached hydrogen (secondary N) is 1. The van der Waals surface area contributed by atoms with Crippen LogP contribution in [0.25, 0.3) is 0 Å². The number of rotatable bonds is 7. The molecule has 1 amide bonds. The number of halogens is 1. The Kier molecular flexibility index (Phi) is 7.36. The van der Waals surface area contributed by atoms with Gasteiger partial charge in [0.05, 0.1) is 28.9 Å². The Morgan fingerprint density at radius 3 is 2.39 bits per heavy atom. The van der Waals surface area contributed by atoms with Crippen molar-refractivity contribution in [3.63, 3.8) is 0 Å². The van der Waals surface area contributed by atoms with Gasteiger partial charge in [-0.2, -0.15) is 5.10 Å². The quantitative estimate of drug-likeness (QED) is 0.615. The molecule has 0 saturated carbocycles. The van der Waals surface area contributed by atoms with Crippen molar-refractivity contribution < 1.29 is 23.9 Å². The van der Waals surface area contributed by atoms with Crippen LogP contribution in [0.3, 0.4) is 0 Å². The fourth-order valence-corrected chi connectivity index (χ4v) is 4.15. The fraction of sp³-hybridized carbons (Fsp3) is 0.444. The largest absolute Gasteiger partial charge is 0.462 e. The third kappa shape index (κ3) is 4.44. The summed E-state index contributed by atoms with van der Waals surface area (Å²) >= 11 is 4.34. The molecule has 0 fully saturated rings. The van der Waals surface area contributed by atoms with E-state index in [0.29, 0.717) is 27.8 Å². The van der Waals surface area contributed by atoms with Gasteiger partial charge in [-0.25, -0.2) is 9.59 Å². The summed E-state index contributed by atoms with van der Waals surface area (Å²) in [5.74, 6) is -1.61. The average Bonchev–Trinajstić information content (AvgIpc) is 3.08. The summed E-state index contributed by atoms with van der Waals surface area (Å²) in [5, 5.41) is 7.14. The molecule has 0 aliphatic rings. The highest BCUT2D eigenvalue weighted by Gasteiger charge is 2.29. The van der Waals surface area contributed by atoms with Gasteiger partial charge in [-0.15, -0.1) is 11.3 Å². The summed E-state index contributed by atoms with van der Waals surface area (Å²) in [4.78, 5) is 37.8. The second-order valence-corrected chi connectivity index (χ2v) is 7.76. The van der Waals surface area contributed by atoms with E-state index in [0.717, 1.165) is 11.3 Å². The summed E-state index contributed by atoms with van der Waals surface area (Å²) in [6.45, 7) is 7.41. The van der Waals surface area contributed by atoms with Gasteiger partial charge in [-0.05, 0) is 48.7 Å². The van der Waals surface area contributed by atoms with Crippen molar-refractivity contribution in [1.82, 2.24) is 9.78 Å². The van der Waals surface area contributed by atoms with Gasteiger partial charge in [-0.3, -0.25) is 9.48 Å². The van der Waals surface area contributed by atoms with E-state index in [1.165, 1.54) is 4.68 Å². The Balaban J connectivity index is 2.46. The summed E-state index contributed by atoms with van der Waals surface area (Å²) in [5.41, 5.74) is 1.53. The Morgan fingerprint density at radius 1 is 1.18 bits per heavy atom. The SMILES string of the molecule is CCCOC(=O)c1c(NC(=O)c2c(Br)c(C)nn2C)sc(C(=O)OCC)c1C. The number of nitrogens with zero attached hydrogens (tertiary/aromatic N) is 2. The van der Waals surface area contributed by atoms with E-state index in [9.17, 15) is 14.4 Å². The van der Waals surface area contributed by atoms with Crippen molar-refractivity contribution in [1.29, 1.82) is 0 Å². The molecule has 0 saturated heterocycles. The zero-order chi connectivity index (χ0) is 21.0. The molecule has 0 unspecified atom stereocenters. The van der Waals surface area contributed by atoms with Crippen LogP contribution in [-0.4, -0.2) is 40.8 Å². The van der Waals surface area contributed by atoms with E-state index >= 15 is 0 Å². The third-order valence-electron chi connectivity index (χ3n) is 3.84. The molecule has 0 bridgehead atoms. The molecule has 0 radical (unpaired) electrons. The fourth-order valence-electron chi connectivity index (χ4n) is 2.55. The molecule has 28 heavy (non-hydrogen) atoms. The van der Waals surface area contributed by atoms with Crippen molar-refractivity contribution in [2.45, 2.75) is 34.1 Å². The Morgan fingerprint density at radius 2 is 1.86 bits per heavy atom. The smallest absolute Gasteiger partial charge is 0.348 e. The zero-order valence-corrected chi connectivity index (χ0v) is 18.7. The third-order valence-corrected chi connectivity index (χ3v) is 5.98. The minimum atomic E-state index is -0.596. The molecule has 0 aliphatic carbocycles. The molecule has 1 N–H and O–H groups in total. The first-order valence-corrected chi connectivity index (χ1v) is 10.3. The average molecular weight is 472 g/mol. The molecule has 8 nitrogen and oxygen atoms in total. The van der Waals surface area contributed by atoms with Crippen molar-refractivity contribution in [2.24, 2.45) is 7.05 Å². The Labute approximate surface area is 175 Å². The number of aryl methyl sites for hydroxylation is 2. The van der Waals surface area contributed by atoms with Gasteiger partial charge < -0.3 is 14.8 Å². The summed E-state index contributed by atoms with van der Waals surface area (Å²) < 4.78 is 12.3. The van der Waals surface area contributed by atoms with Crippen LogP contribution in [-0.2, 0) is 16.5 Å². The van der Waals surface area contributed by atoms with E-state index in [2.05, 4.69) is 26.3 Å². The van der Waals surface area contributed by atoms with Gasteiger partial charge in [0, 0.05) is 7.05 Å². The Hall–Kier alpha value is -2.20. The van der Waals surface area contributed by atoms with Gasteiger partial charge in [0.25, 0.3) is 5.91 Å². The van der Waals surface area contributed by atoms with E-state index in [1.54, 1.807) is 27.8 Å². The molecule has 2 aromatic heterocycles. The number of hydrogen-bond donors (Lipinski definition) is 1. The van der Waals surface area contributed by atoms with Gasteiger partial charge in [-0.1, -0.05) is 6.92 Å². The number of amides is 1. The number of carbonyl (C=O) groups excluding carboxylic acids is 3. The zero-order valence-electron chi connectivity index (χ0n) is 16.3. The van der Waals surface area contributed by atoms with Gasteiger partial charge in [0.15, 0.2) is 0 Å². The van der Waals surface area contributed by atoms with Crippen molar-refractivity contribution in [3.8, 4) is 0 Å². The Bertz CT molecular complexity index is 919. The molecule has 2 aromatic rings. The molecule has 0 atom stereocenters. The van der Waals surface area contributed by atoms with Crippen LogP contribution in [0, 0.1) is 13.8 Å². The lowest BCUT2D eigenvalue weighted by Crippen LogP contribution is -2.18. The predicted octanol–water partition coefficient (Wildman–Crippen LogP) is 3.86. The lowest BCUT2D eigenvalue weighted by atomic mass is 10.1. The molecule has 2 heterocycles. The maximum atomic E-state index is 12.8. The topological polar surface area (TPSA) is 99.5 Å². The first-order valence-electron chi connectivity index (χ1n) is 8.70. The highest BCUT2D eigenvalue weighted by molar-refractivity contribution is 9.10. The maximum Gasteiger partial charge on any atom is 0.348 e. The van der Waals surface area contributed by atoms with Crippen molar-refractivity contribution >= 4 is 50.1 Å². The monoisotopic (exact) mass is 471 g/mol.